The van der Waals surface area contributed by atoms with Crippen molar-refractivity contribution >= 4 is 6.47 Å². The van der Waals surface area contributed by atoms with Crippen molar-refractivity contribution in [3.63, 3.8) is 0 Å². The maximum atomic E-state index is 8.36. The molecule has 1 aliphatic rings. The Labute approximate surface area is 197 Å². The van der Waals surface area contributed by atoms with Crippen molar-refractivity contribution in [2.45, 2.75) is 51.7 Å². The first-order chi connectivity index (χ1) is 16.2. The summed E-state index contributed by atoms with van der Waals surface area (Å²) in [4.78, 5) is 13.2. The molecule has 9 nitrogen and oxygen atoms in total. The fourth-order valence-corrected chi connectivity index (χ4v) is 3.93. The molecule has 0 saturated carbocycles. The molecule has 2 heterocycles. The summed E-state index contributed by atoms with van der Waals surface area (Å²) < 4.78 is 13.2. The molecule has 1 aromatic carbocycles. The van der Waals surface area contributed by atoms with Crippen molar-refractivity contribution in [2.75, 3.05) is 47.0 Å². The van der Waals surface area contributed by atoms with Gasteiger partial charge in [-0.15, -0.1) is 10.2 Å². The zero-order valence-corrected chi connectivity index (χ0v) is 20.1. The van der Waals surface area contributed by atoms with Crippen molar-refractivity contribution < 1.29 is 19.4 Å². The number of hydrogen-bond acceptors (Lipinski definition) is 7. The third-order valence-electron chi connectivity index (χ3n) is 5.58. The van der Waals surface area contributed by atoms with Crippen LogP contribution in [-0.2, 0) is 29.2 Å². The number of benzene rings is 1. The van der Waals surface area contributed by atoms with Gasteiger partial charge in [0.25, 0.3) is 6.47 Å². The van der Waals surface area contributed by atoms with Crippen LogP contribution in [0.1, 0.15) is 43.5 Å². The molecule has 1 N–H and O–H groups in total. The van der Waals surface area contributed by atoms with Gasteiger partial charge in [0.2, 0.25) is 0 Å². The van der Waals surface area contributed by atoms with Crippen LogP contribution in [0.25, 0.3) is 0 Å². The number of ether oxygens (including phenoxy) is 2. The van der Waals surface area contributed by atoms with Crippen LogP contribution in [0.5, 0.6) is 5.75 Å². The molecule has 184 valence electrons. The molecule has 0 unspecified atom stereocenters. The van der Waals surface area contributed by atoms with Gasteiger partial charge in [-0.3, -0.25) is 9.69 Å². The molecule has 9 heteroatoms. The number of unbranched alkanes of at least 4 members (excludes halogenated alkanes) is 1. The second-order valence-electron chi connectivity index (χ2n) is 8.32. The predicted molar refractivity (Wildman–Crippen MR) is 127 cm³/mol. The number of carboxylic acid groups (broad SMARTS) is 1. The maximum Gasteiger partial charge on any atom is 0.290 e. The molecule has 0 aliphatic carbocycles. The van der Waals surface area contributed by atoms with Crippen molar-refractivity contribution in [3.8, 4) is 5.75 Å². The van der Waals surface area contributed by atoms with Crippen LogP contribution in [0.3, 0.4) is 0 Å². The van der Waals surface area contributed by atoms with E-state index < -0.39 is 0 Å². The molecule has 0 amide bonds. The zero-order valence-electron chi connectivity index (χ0n) is 20.1. The highest BCUT2D eigenvalue weighted by molar-refractivity contribution is 5.32. The summed E-state index contributed by atoms with van der Waals surface area (Å²) in [5.41, 5.74) is 1.24. The molecular weight excluding hydrogens is 422 g/mol. The standard InChI is InChI=1S/C23H37N5O2.CH2O2/c1-26(19-23-25-24-20-28(23)14-16-29-2)18-21-9-8-10-22(17-21)30-15-7-6-13-27-11-4-3-5-12-27;2-1-3/h8-10,17,20H,3-7,11-16,18-19H2,1-2H3;1H,(H,2,3). The van der Waals surface area contributed by atoms with E-state index in [9.17, 15) is 0 Å². The Morgan fingerprint density at radius 3 is 2.67 bits per heavy atom. The van der Waals surface area contributed by atoms with E-state index in [1.807, 2.05) is 4.57 Å². The number of piperidine rings is 1. The maximum absolute atomic E-state index is 8.36. The van der Waals surface area contributed by atoms with E-state index in [-0.39, 0.29) is 6.47 Å². The molecule has 0 atom stereocenters. The van der Waals surface area contributed by atoms with Crippen LogP contribution >= 0.6 is 0 Å². The molecule has 1 saturated heterocycles. The summed E-state index contributed by atoms with van der Waals surface area (Å²) in [5.74, 6) is 1.91. The quantitative estimate of drug-likeness (QED) is 0.360. The van der Waals surface area contributed by atoms with E-state index in [1.165, 1.54) is 50.9 Å². The van der Waals surface area contributed by atoms with Gasteiger partial charge in [-0.05, 0) is 70.1 Å². The van der Waals surface area contributed by atoms with Gasteiger partial charge >= 0.3 is 0 Å². The number of rotatable bonds is 13. The fraction of sp³-hybridized carbons (Fsp3) is 0.625. The number of methoxy groups -OCH3 is 1. The van der Waals surface area contributed by atoms with E-state index in [2.05, 4.69) is 51.3 Å². The first-order valence-electron chi connectivity index (χ1n) is 11.7. The van der Waals surface area contributed by atoms with E-state index in [0.717, 1.165) is 44.2 Å². The molecule has 3 rings (SSSR count). The topological polar surface area (TPSA) is 93.0 Å². The van der Waals surface area contributed by atoms with Gasteiger partial charge in [-0.25, -0.2) is 0 Å². The third kappa shape index (κ3) is 10.8. The minimum Gasteiger partial charge on any atom is -0.494 e. The van der Waals surface area contributed by atoms with Gasteiger partial charge in [0.1, 0.15) is 17.9 Å². The van der Waals surface area contributed by atoms with E-state index in [1.54, 1.807) is 13.4 Å². The van der Waals surface area contributed by atoms with Crippen molar-refractivity contribution in [1.82, 2.24) is 24.6 Å². The van der Waals surface area contributed by atoms with Crippen LogP contribution in [0.2, 0.25) is 0 Å². The molecule has 0 radical (unpaired) electrons. The lowest BCUT2D eigenvalue weighted by molar-refractivity contribution is -0.122. The van der Waals surface area contributed by atoms with Crippen LogP contribution < -0.4 is 4.74 Å². The lowest BCUT2D eigenvalue weighted by Crippen LogP contribution is -2.30. The summed E-state index contributed by atoms with van der Waals surface area (Å²) in [5, 5.41) is 15.2. The Hall–Kier alpha value is -2.49. The van der Waals surface area contributed by atoms with Gasteiger partial charge in [-0.1, -0.05) is 18.6 Å². The van der Waals surface area contributed by atoms with Crippen LogP contribution in [0, 0.1) is 0 Å². The summed E-state index contributed by atoms with van der Waals surface area (Å²) in [7, 11) is 3.81. The SMILES string of the molecule is COCCn1cnnc1CN(C)Cc1cccc(OCCCCN2CCCCC2)c1.O=CO. The smallest absolute Gasteiger partial charge is 0.290 e. The molecular formula is C24H39N5O4. The molecule has 0 spiro atoms. The van der Waals surface area contributed by atoms with Crippen molar-refractivity contribution in [3.05, 3.63) is 42.0 Å². The lowest BCUT2D eigenvalue weighted by Gasteiger charge is -2.26. The first kappa shape index (κ1) is 26.8. The average Bonchev–Trinajstić information content (AvgIpc) is 3.25. The van der Waals surface area contributed by atoms with Gasteiger partial charge in [0.05, 0.1) is 19.8 Å². The summed E-state index contributed by atoms with van der Waals surface area (Å²) >= 11 is 0. The highest BCUT2D eigenvalue weighted by Gasteiger charge is 2.10. The Bertz CT molecular complexity index is 780. The number of carbonyl (C=O) groups is 1. The molecule has 1 aromatic heterocycles. The summed E-state index contributed by atoms with van der Waals surface area (Å²) in [6, 6.07) is 8.43. The molecule has 2 aromatic rings. The van der Waals surface area contributed by atoms with E-state index >= 15 is 0 Å². The second kappa shape index (κ2) is 16.2. The normalized spacial score (nSPS) is 14.0. The number of aromatic nitrogens is 3. The fourth-order valence-electron chi connectivity index (χ4n) is 3.93. The third-order valence-corrected chi connectivity index (χ3v) is 5.58. The lowest BCUT2D eigenvalue weighted by atomic mass is 10.1. The largest absolute Gasteiger partial charge is 0.494 e. The molecule has 33 heavy (non-hydrogen) atoms. The minimum absolute atomic E-state index is 0.250. The molecule has 1 aliphatic heterocycles. The van der Waals surface area contributed by atoms with Gasteiger partial charge < -0.3 is 24.0 Å². The highest BCUT2D eigenvalue weighted by atomic mass is 16.5. The van der Waals surface area contributed by atoms with Gasteiger partial charge in [0.15, 0.2) is 0 Å². The Morgan fingerprint density at radius 2 is 1.91 bits per heavy atom. The van der Waals surface area contributed by atoms with E-state index in [0.29, 0.717) is 6.61 Å². The van der Waals surface area contributed by atoms with E-state index in [4.69, 9.17) is 19.4 Å². The second-order valence-corrected chi connectivity index (χ2v) is 8.32. The average molecular weight is 462 g/mol. The molecule has 0 bridgehead atoms. The minimum atomic E-state index is -0.250. The van der Waals surface area contributed by atoms with Crippen molar-refractivity contribution in [2.24, 2.45) is 0 Å². The number of hydrogen-bond donors (Lipinski definition) is 1. The zero-order chi connectivity index (χ0) is 23.7. The van der Waals surface area contributed by atoms with Gasteiger partial charge in [-0.2, -0.15) is 0 Å². The predicted octanol–water partition coefficient (Wildman–Crippen LogP) is 2.90. The van der Waals surface area contributed by atoms with Gasteiger partial charge in [0, 0.05) is 20.2 Å². The number of nitrogens with zero attached hydrogens (tertiary/aromatic N) is 5. The highest BCUT2D eigenvalue weighted by Crippen LogP contribution is 2.16. The Morgan fingerprint density at radius 1 is 1.12 bits per heavy atom. The monoisotopic (exact) mass is 461 g/mol. The molecule has 1 fully saturated rings. The van der Waals surface area contributed by atoms with Crippen LogP contribution in [-0.4, -0.2) is 83.1 Å². The Kier molecular flexibility index (Phi) is 13.1. The summed E-state index contributed by atoms with van der Waals surface area (Å²) in [6.45, 7) is 7.31. The van der Waals surface area contributed by atoms with Crippen LogP contribution in [0.15, 0.2) is 30.6 Å². The van der Waals surface area contributed by atoms with Crippen LogP contribution in [0.4, 0.5) is 0 Å². The Balaban J connectivity index is 0.00000122. The van der Waals surface area contributed by atoms with Crippen molar-refractivity contribution in [1.29, 1.82) is 0 Å². The number of likely N-dealkylation sites (tertiary alicyclic amines) is 1. The first-order valence-corrected chi connectivity index (χ1v) is 11.7. The summed E-state index contributed by atoms with van der Waals surface area (Å²) in [6.07, 6.45) is 8.22.